The predicted octanol–water partition coefficient (Wildman–Crippen LogP) is 2.90. The highest BCUT2D eigenvalue weighted by Gasteiger charge is 2.23. The molecular formula is C15H14ClN3O2. The minimum atomic E-state index is 0.318. The summed E-state index contributed by atoms with van der Waals surface area (Å²) in [6.07, 6.45) is 3.02. The monoisotopic (exact) mass is 303 g/mol. The zero-order valence-corrected chi connectivity index (χ0v) is 12.1. The Kier molecular flexibility index (Phi) is 3.16. The van der Waals surface area contributed by atoms with Gasteiger partial charge in [-0.05, 0) is 30.7 Å². The van der Waals surface area contributed by atoms with Gasteiger partial charge in [-0.25, -0.2) is 4.98 Å². The summed E-state index contributed by atoms with van der Waals surface area (Å²) >= 11 is 6.02. The van der Waals surface area contributed by atoms with Crippen molar-refractivity contribution >= 4 is 23.3 Å². The molecule has 2 aliphatic heterocycles. The first-order valence-electron chi connectivity index (χ1n) is 6.93. The lowest BCUT2D eigenvalue weighted by molar-refractivity contribution is 0.193. The third kappa shape index (κ3) is 2.43. The molecular weight excluding hydrogens is 290 g/mol. The van der Waals surface area contributed by atoms with Gasteiger partial charge in [-0.3, -0.25) is 5.10 Å². The normalized spacial score (nSPS) is 20.8. The molecule has 0 spiro atoms. The molecule has 3 heterocycles. The number of hydrogen-bond acceptors (Lipinski definition) is 4. The smallest absolute Gasteiger partial charge is 0.180 e. The number of ether oxygens (including phenoxy) is 2. The van der Waals surface area contributed by atoms with Crippen molar-refractivity contribution in [2.75, 3.05) is 19.8 Å². The first-order chi connectivity index (χ1) is 10.3. The van der Waals surface area contributed by atoms with E-state index < -0.39 is 0 Å². The average molecular weight is 304 g/mol. The summed E-state index contributed by atoms with van der Waals surface area (Å²) in [5.74, 6) is 2.73. The largest absolute Gasteiger partial charge is 0.488 e. The lowest BCUT2D eigenvalue weighted by Gasteiger charge is -2.16. The van der Waals surface area contributed by atoms with Crippen LogP contribution in [0.1, 0.15) is 29.6 Å². The van der Waals surface area contributed by atoms with E-state index in [1.165, 1.54) is 0 Å². The Morgan fingerprint density at radius 3 is 3.14 bits per heavy atom. The van der Waals surface area contributed by atoms with E-state index in [0.717, 1.165) is 35.7 Å². The van der Waals surface area contributed by atoms with Crippen molar-refractivity contribution in [3.8, 4) is 5.75 Å². The van der Waals surface area contributed by atoms with Crippen LogP contribution in [0.3, 0.4) is 0 Å². The molecule has 1 saturated heterocycles. The summed E-state index contributed by atoms with van der Waals surface area (Å²) in [5, 5.41) is 8.01. The van der Waals surface area contributed by atoms with Gasteiger partial charge in [-0.2, -0.15) is 5.10 Å². The van der Waals surface area contributed by atoms with Crippen molar-refractivity contribution in [1.82, 2.24) is 15.2 Å². The molecule has 2 aliphatic rings. The third-order valence-electron chi connectivity index (χ3n) is 3.79. The van der Waals surface area contributed by atoms with Gasteiger partial charge in [-0.15, -0.1) is 0 Å². The Labute approximate surface area is 126 Å². The Morgan fingerprint density at radius 2 is 2.29 bits per heavy atom. The summed E-state index contributed by atoms with van der Waals surface area (Å²) in [7, 11) is 0. The molecule has 1 N–H and O–H groups in total. The molecule has 108 valence electrons. The molecule has 6 heteroatoms. The van der Waals surface area contributed by atoms with Crippen LogP contribution in [0.2, 0.25) is 5.02 Å². The van der Waals surface area contributed by atoms with E-state index in [1.807, 2.05) is 24.3 Å². The molecule has 0 amide bonds. The number of rotatable bonds is 2. The number of H-pyrrole nitrogens is 1. The third-order valence-corrected chi connectivity index (χ3v) is 4.03. The van der Waals surface area contributed by atoms with Crippen molar-refractivity contribution in [2.24, 2.45) is 0 Å². The minimum Gasteiger partial charge on any atom is -0.488 e. The van der Waals surface area contributed by atoms with Gasteiger partial charge >= 0.3 is 0 Å². The highest BCUT2D eigenvalue weighted by Crippen LogP contribution is 2.32. The molecule has 1 aromatic carbocycles. The molecule has 0 saturated carbocycles. The number of aromatic nitrogens is 3. The number of hydrogen-bond donors (Lipinski definition) is 1. The molecule has 21 heavy (non-hydrogen) atoms. The van der Waals surface area contributed by atoms with Crippen molar-refractivity contribution in [3.05, 3.63) is 40.4 Å². The van der Waals surface area contributed by atoms with Crippen LogP contribution in [0.4, 0.5) is 0 Å². The molecule has 0 unspecified atom stereocenters. The molecule has 0 radical (unpaired) electrons. The molecule has 2 aromatic rings. The van der Waals surface area contributed by atoms with E-state index >= 15 is 0 Å². The summed E-state index contributed by atoms with van der Waals surface area (Å²) < 4.78 is 11.1. The second kappa shape index (κ2) is 5.16. The first-order valence-corrected chi connectivity index (χ1v) is 7.31. The Bertz CT molecular complexity index is 705. The SMILES string of the molecule is Clc1ccc2c(c1)C=C(c1n[nH]c([C@@H]3CCOC3)n1)CO2. The maximum Gasteiger partial charge on any atom is 0.180 e. The topological polar surface area (TPSA) is 60.0 Å². The van der Waals surface area contributed by atoms with Gasteiger partial charge in [0.1, 0.15) is 18.2 Å². The van der Waals surface area contributed by atoms with Crippen LogP contribution < -0.4 is 4.74 Å². The van der Waals surface area contributed by atoms with E-state index in [9.17, 15) is 0 Å². The molecule has 1 fully saturated rings. The van der Waals surface area contributed by atoms with Crippen molar-refractivity contribution < 1.29 is 9.47 Å². The van der Waals surface area contributed by atoms with E-state index in [4.69, 9.17) is 21.1 Å². The molecule has 0 bridgehead atoms. The fourth-order valence-corrected chi connectivity index (χ4v) is 2.81. The second-order valence-corrected chi connectivity index (χ2v) is 5.68. The van der Waals surface area contributed by atoms with Crippen LogP contribution in [-0.4, -0.2) is 35.0 Å². The summed E-state index contributed by atoms with van der Waals surface area (Å²) in [4.78, 5) is 4.58. The second-order valence-electron chi connectivity index (χ2n) is 5.25. The number of halogens is 1. The quantitative estimate of drug-likeness (QED) is 0.926. The van der Waals surface area contributed by atoms with Crippen LogP contribution in [0.15, 0.2) is 18.2 Å². The highest BCUT2D eigenvalue weighted by molar-refractivity contribution is 6.30. The zero-order chi connectivity index (χ0) is 14.2. The Balaban J connectivity index is 1.64. The Hall–Kier alpha value is -1.85. The standard InChI is InChI=1S/C15H14ClN3O2/c16-12-1-2-13-10(6-12)5-11(8-21-13)15-17-14(18-19-15)9-3-4-20-7-9/h1-2,5-6,9H,3-4,7-8H2,(H,17,18,19)/t9-/m1/s1. The maximum atomic E-state index is 6.02. The van der Waals surface area contributed by atoms with E-state index in [1.54, 1.807) is 0 Å². The Morgan fingerprint density at radius 1 is 1.33 bits per heavy atom. The van der Waals surface area contributed by atoms with Crippen molar-refractivity contribution in [3.63, 3.8) is 0 Å². The van der Waals surface area contributed by atoms with Crippen LogP contribution >= 0.6 is 11.6 Å². The number of nitrogens with zero attached hydrogens (tertiary/aromatic N) is 2. The summed E-state index contributed by atoms with van der Waals surface area (Å²) in [6.45, 7) is 1.97. The van der Waals surface area contributed by atoms with E-state index in [0.29, 0.717) is 30.0 Å². The van der Waals surface area contributed by atoms with Crippen molar-refractivity contribution in [1.29, 1.82) is 0 Å². The van der Waals surface area contributed by atoms with Gasteiger partial charge < -0.3 is 9.47 Å². The summed E-state index contributed by atoms with van der Waals surface area (Å²) in [5.41, 5.74) is 1.91. The van der Waals surface area contributed by atoms with Gasteiger partial charge in [0.25, 0.3) is 0 Å². The number of fused-ring (bicyclic) bond motifs is 1. The fourth-order valence-electron chi connectivity index (χ4n) is 2.63. The number of nitrogens with one attached hydrogen (secondary N) is 1. The van der Waals surface area contributed by atoms with Crippen LogP contribution in [-0.2, 0) is 4.74 Å². The molecule has 4 rings (SSSR count). The van der Waals surface area contributed by atoms with Crippen molar-refractivity contribution in [2.45, 2.75) is 12.3 Å². The van der Waals surface area contributed by atoms with Gasteiger partial charge in [-0.1, -0.05) is 11.6 Å². The lowest BCUT2D eigenvalue weighted by atomic mass is 10.1. The molecule has 1 atom stereocenters. The molecule has 0 aliphatic carbocycles. The van der Waals surface area contributed by atoms with Crippen LogP contribution in [0, 0.1) is 0 Å². The summed E-state index contributed by atoms with van der Waals surface area (Å²) in [6, 6.07) is 5.59. The first kappa shape index (κ1) is 12.9. The predicted molar refractivity (Wildman–Crippen MR) is 79.4 cm³/mol. The van der Waals surface area contributed by atoms with Crippen LogP contribution in [0.5, 0.6) is 5.75 Å². The van der Waals surface area contributed by atoms with Gasteiger partial charge in [0.15, 0.2) is 5.82 Å². The highest BCUT2D eigenvalue weighted by atomic mass is 35.5. The average Bonchev–Trinajstić information content (AvgIpc) is 3.17. The fraction of sp³-hybridized carbons (Fsp3) is 0.333. The number of benzene rings is 1. The minimum absolute atomic E-state index is 0.318. The maximum absolute atomic E-state index is 6.02. The molecule has 5 nitrogen and oxygen atoms in total. The number of aromatic amines is 1. The van der Waals surface area contributed by atoms with E-state index in [-0.39, 0.29) is 0 Å². The van der Waals surface area contributed by atoms with Gasteiger partial charge in [0.05, 0.1) is 6.61 Å². The zero-order valence-electron chi connectivity index (χ0n) is 11.3. The van der Waals surface area contributed by atoms with Gasteiger partial charge in [0, 0.05) is 28.7 Å². The lowest BCUT2D eigenvalue weighted by Crippen LogP contribution is -2.08. The molecule has 1 aromatic heterocycles. The van der Waals surface area contributed by atoms with Gasteiger partial charge in [0.2, 0.25) is 0 Å². The van der Waals surface area contributed by atoms with E-state index in [2.05, 4.69) is 15.2 Å². The van der Waals surface area contributed by atoms with Crippen LogP contribution in [0.25, 0.3) is 11.6 Å².